The van der Waals surface area contributed by atoms with Crippen LogP contribution in [0.15, 0.2) is 5.16 Å². The summed E-state index contributed by atoms with van der Waals surface area (Å²) in [7, 11) is 0. The molecule has 0 aromatic rings. The number of oxime groups is 1. The normalized spacial score (nSPS) is 10.3. The zero-order valence-corrected chi connectivity index (χ0v) is 5.92. The number of carbonyl (C=O) groups excluding carboxylic acids is 1. The van der Waals surface area contributed by atoms with E-state index in [1.54, 1.807) is 13.0 Å². The maximum atomic E-state index is 10.4. The third kappa shape index (κ3) is 2.82. The van der Waals surface area contributed by atoms with Crippen LogP contribution in [0.2, 0.25) is 0 Å². The molecule has 4 heteroatoms. The molecule has 0 atom stereocenters. The number of carbonyl (C=O) groups is 1. The van der Waals surface area contributed by atoms with Gasteiger partial charge >= 0.3 is 0 Å². The molecular weight excluding hydrogens is 132 g/mol. The highest BCUT2D eigenvalue weighted by molar-refractivity contribution is 6.45. The van der Waals surface area contributed by atoms with Crippen LogP contribution in [0.5, 0.6) is 0 Å². The van der Waals surface area contributed by atoms with Gasteiger partial charge in [0.25, 0.3) is 0 Å². The molecule has 4 nitrogen and oxygen atoms in total. The van der Waals surface area contributed by atoms with Gasteiger partial charge in [0, 0.05) is 6.92 Å². The molecule has 0 heterocycles. The van der Waals surface area contributed by atoms with Crippen LogP contribution in [0.4, 0.5) is 0 Å². The first kappa shape index (κ1) is 8.63. The molecule has 0 aromatic heterocycles. The van der Waals surface area contributed by atoms with Crippen molar-refractivity contribution in [3.63, 3.8) is 0 Å². The average molecular weight is 140 g/mol. The summed E-state index contributed by atoms with van der Waals surface area (Å²) in [6.07, 6.45) is 0. The lowest BCUT2D eigenvalue weighted by molar-refractivity contribution is -0.111. The Labute approximate surface area is 59.1 Å². The van der Waals surface area contributed by atoms with Crippen molar-refractivity contribution in [2.24, 2.45) is 5.16 Å². The third-order valence-electron chi connectivity index (χ3n) is 0.724. The fourth-order valence-corrected chi connectivity index (χ4v) is 0.293. The molecular formula is C6H8N2O2. The number of nitrogens with zero attached hydrogens (tertiary/aromatic N) is 2. The summed E-state index contributed by atoms with van der Waals surface area (Å²) in [6, 6.07) is 1.61. The van der Waals surface area contributed by atoms with Crippen molar-refractivity contribution in [1.82, 2.24) is 0 Å². The molecule has 0 aliphatic heterocycles. The lowest BCUT2D eigenvalue weighted by Crippen LogP contribution is -2.07. The Hall–Kier alpha value is -1.37. The second-order valence-corrected chi connectivity index (χ2v) is 1.53. The molecule has 0 fully saturated rings. The lowest BCUT2D eigenvalue weighted by atomic mass is 10.3. The first-order valence-corrected chi connectivity index (χ1v) is 2.83. The van der Waals surface area contributed by atoms with Gasteiger partial charge in [-0.3, -0.25) is 4.79 Å². The number of nitriles is 1. The molecule has 0 radical (unpaired) electrons. The Bertz CT molecular complexity index is 190. The summed E-state index contributed by atoms with van der Waals surface area (Å²) in [5, 5.41) is 11.5. The van der Waals surface area contributed by atoms with Crippen LogP contribution in [-0.2, 0) is 9.63 Å². The van der Waals surface area contributed by atoms with Crippen molar-refractivity contribution in [3.8, 4) is 6.07 Å². The standard InChI is InChI=1S/C6H8N2O2/c1-3-10-8-6(4-7)5(2)9/h3H2,1-2H3/b8-6+. The van der Waals surface area contributed by atoms with Crippen LogP contribution < -0.4 is 0 Å². The Morgan fingerprint density at radius 2 is 2.40 bits per heavy atom. The number of hydrogen-bond acceptors (Lipinski definition) is 4. The van der Waals surface area contributed by atoms with Crippen LogP contribution in [0.3, 0.4) is 0 Å². The minimum Gasteiger partial charge on any atom is -0.395 e. The van der Waals surface area contributed by atoms with E-state index in [0.717, 1.165) is 0 Å². The van der Waals surface area contributed by atoms with Crippen molar-refractivity contribution in [2.75, 3.05) is 6.61 Å². The van der Waals surface area contributed by atoms with Gasteiger partial charge < -0.3 is 4.84 Å². The zero-order chi connectivity index (χ0) is 7.98. The van der Waals surface area contributed by atoms with E-state index in [2.05, 4.69) is 9.99 Å². The Morgan fingerprint density at radius 3 is 2.70 bits per heavy atom. The first-order valence-electron chi connectivity index (χ1n) is 2.83. The second kappa shape index (κ2) is 4.50. The molecule has 10 heavy (non-hydrogen) atoms. The van der Waals surface area contributed by atoms with Crippen molar-refractivity contribution < 1.29 is 9.63 Å². The van der Waals surface area contributed by atoms with Gasteiger partial charge in [0.2, 0.25) is 5.71 Å². The van der Waals surface area contributed by atoms with E-state index < -0.39 is 0 Å². The van der Waals surface area contributed by atoms with Gasteiger partial charge in [-0.2, -0.15) is 5.26 Å². The van der Waals surface area contributed by atoms with E-state index in [-0.39, 0.29) is 11.5 Å². The molecule has 0 N–H and O–H groups in total. The van der Waals surface area contributed by atoms with Crippen molar-refractivity contribution >= 4 is 11.5 Å². The molecule has 0 saturated carbocycles. The summed E-state index contributed by atoms with van der Waals surface area (Å²) in [6.45, 7) is 3.35. The summed E-state index contributed by atoms with van der Waals surface area (Å²) < 4.78 is 0. The maximum absolute atomic E-state index is 10.4. The van der Waals surface area contributed by atoms with Crippen LogP contribution in [0.1, 0.15) is 13.8 Å². The minimum absolute atomic E-state index is 0.193. The smallest absolute Gasteiger partial charge is 0.222 e. The van der Waals surface area contributed by atoms with E-state index in [1.165, 1.54) is 6.92 Å². The fourth-order valence-electron chi connectivity index (χ4n) is 0.293. The molecule has 0 rings (SSSR count). The van der Waals surface area contributed by atoms with Crippen molar-refractivity contribution in [2.45, 2.75) is 13.8 Å². The van der Waals surface area contributed by atoms with Crippen molar-refractivity contribution in [1.29, 1.82) is 5.26 Å². The highest BCUT2D eigenvalue weighted by Gasteiger charge is 2.02. The molecule has 0 bridgehead atoms. The predicted molar refractivity (Wildman–Crippen MR) is 35.4 cm³/mol. The van der Waals surface area contributed by atoms with Crippen LogP contribution in [-0.4, -0.2) is 18.1 Å². The predicted octanol–water partition coefficient (Wildman–Crippen LogP) is 0.491. The van der Waals surface area contributed by atoms with Gasteiger partial charge in [-0.15, -0.1) is 0 Å². The van der Waals surface area contributed by atoms with Gasteiger partial charge in [0.05, 0.1) is 0 Å². The van der Waals surface area contributed by atoms with Gasteiger partial charge in [0.1, 0.15) is 12.7 Å². The van der Waals surface area contributed by atoms with E-state index in [1.807, 2.05) is 0 Å². The van der Waals surface area contributed by atoms with E-state index in [9.17, 15) is 4.79 Å². The van der Waals surface area contributed by atoms with Gasteiger partial charge in [-0.25, -0.2) is 0 Å². The number of hydrogen-bond donors (Lipinski definition) is 0. The first-order chi connectivity index (χ1) is 4.72. The topological polar surface area (TPSA) is 62.4 Å². The van der Waals surface area contributed by atoms with Gasteiger partial charge in [0.15, 0.2) is 5.78 Å². The molecule has 0 unspecified atom stereocenters. The molecule has 54 valence electrons. The lowest BCUT2D eigenvalue weighted by Gasteiger charge is -1.90. The van der Waals surface area contributed by atoms with Gasteiger partial charge in [-0.1, -0.05) is 5.16 Å². The minimum atomic E-state index is -0.379. The second-order valence-electron chi connectivity index (χ2n) is 1.53. The largest absolute Gasteiger partial charge is 0.395 e. The zero-order valence-electron chi connectivity index (χ0n) is 5.92. The highest BCUT2D eigenvalue weighted by Crippen LogP contribution is 1.81. The third-order valence-corrected chi connectivity index (χ3v) is 0.724. The van der Waals surface area contributed by atoms with E-state index >= 15 is 0 Å². The summed E-state index contributed by atoms with van der Waals surface area (Å²) in [5.41, 5.74) is -0.193. The highest BCUT2D eigenvalue weighted by atomic mass is 16.6. The summed E-state index contributed by atoms with van der Waals surface area (Å²) >= 11 is 0. The molecule has 0 aromatic carbocycles. The van der Waals surface area contributed by atoms with Crippen molar-refractivity contribution in [3.05, 3.63) is 0 Å². The van der Waals surface area contributed by atoms with Crippen LogP contribution in [0.25, 0.3) is 0 Å². The van der Waals surface area contributed by atoms with E-state index in [4.69, 9.17) is 5.26 Å². The Morgan fingerprint density at radius 1 is 1.80 bits per heavy atom. The number of Topliss-reactive ketones (excluding diaryl/α,β-unsaturated/α-hetero) is 1. The Kier molecular flexibility index (Phi) is 3.89. The quantitative estimate of drug-likeness (QED) is 0.423. The monoisotopic (exact) mass is 140 g/mol. The van der Waals surface area contributed by atoms with Crippen LogP contribution >= 0.6 is 0 Å². The summed E-state index contributed by atoms with van der Waals surface area (Å²) in [5.74, 6) is -0.379. The SMILES string of the molecule is CCO/N=C(\C#N)C(C)=O. The average Bonchev–Trinajstić information content (AvgIpc) is 1.89. The van der Waals surface area contributed by atoms with Gasteiger partial charge in [-0.05, 0) is 6.92 Å². The Balaban J connectivity index is 4.09. The molecule has 0 amide bonds. The van der Waals surface area contributed by atoms with Crippen LogP contribution in [0, 0.1) is 11.3 Å². The molecule has 0 aliphatic carbocycles. The number of rotatable bonds is 3. The fraction of sp³-hybridized carbons (Fsp3) is 0.500. The van der Waals surface area contributed by atoms with E-state index in [0.29, 0.717) is 6.61 Å². The molecule has 0 aliphatic rings. The summed E-state index contributed by atoms with van der Waals surface area (Å²) in [4.78, 5) is 14.9. The molecule has 0 saturated heterocycles. The number of ketones is 1. The maximum Gasteiger partial charge on any atom is 0.222 e. The molecule has 0 spiro atoms.